The van der Waals surface area contributed by atoms with Crippen LogP contribution in [0.3, 0.4) is 0 Å². The van der Waals surface area contributed by atoms with E-state index in [1.807, 2.05) is 13.8 Å². The van der Waals surface area contributed by atoms with Crippen molar-refractivity contribution < 1.29 is 24.3 Å². The van der Waals surface area contributed by atoms with Gasteiger partial charge < -0.3 is 30.8 Å². The molecule has 0 aromatic carbocycles. The minimum Gasteiger partial charge on any atom is -0.481 e. The first kappa shape index (κ1) is 20.0. The maximum Gasteiger partial charge on any atom is 0.305 e. The van der Waals surface area contributed by atoms with E-state index in [-0.39, 0.29) is 18.4 Å². The van der Waals surface area contributed by atoms with E-state index in [4.69, 9.17) is 5.11 Å². The summed E-state index contributed by atoms with van der Waals surface area (Å²) in [7, 11) is 1.69. The van der Waals surface area contributed by atoms with Gasteiger partial charge in [-0.3, -0.25) is 14.4 Å². The van der Waals surface area contributed by atoms with Crippen molar-refractivity contribution >= 4 is 24.1 Å². The Bertz CT molecular complexity index is 482. The number of aldehydes is 1. The van der Waals surface area contributed by atoms with Crippen LogP contribution in [0, 0.1) is 5.92 Å². The number of carbonyl (C=O) groups excluding carboxylic acids is 3. The van der Waals surface area contributed by atoms with E-state index in [0.717, 1.165) is 0 Å². The minimum absolute atomic E-state index is 0.0517. The molecule has 1 heterocycles. The summed E-state index contributed by atoms with van der Waals surface area (Å²) in [5.74, 6) is -1.85. The van der Waals surface area contributed by atoms with Crippen molar-refractivity contribution in [2.45, 2.75) is 38.4 Å². The predicted molar refractivity (Wildman–Crippen MR) is 86.3 cm³/mol. The zero-order chi connectivity index (χ0) is 18.3. The van der Waals surface area contributed by atoms with Crippen molar-refractivity contribution in [3.8, 4) is 0 Å². The van der Waals surface area contributed by atoms with Gasteiger partial charge in [0.1, 0.15) is 12.3 Å². The fourth-order valence-corrected chi connectivity index (χ4v) is 2.72. The Balaban J connectivity index is 2.85. The highest BCUT2D eigenvalue weighted by molar-refractivity contribution is 5.92. The molecule has 9 heteroatoms. The number of amides is 2. The highest BCUT2D eigenvalue weighted by atomic mass is 16.4. The van der Waals surface area contributed by atoms with Gasteiger partial charge in [0, 0.05) is 19.6 Å². The second-order valence-electron chi connectivity index (χ2n) is 6.11. The zero-order valence-electron chi connectivity index (χ0n) is 14.2. The van der Waals surface area contributed by atoms with Crippen LogP contribution in [0.5, 0.6) is 0 Å². The van der Waals surface area contributed by atoms with Crippen LogP contribution >= 0.6 is 0 Å². The molecule has 1 aliphatic rings. The summed E-state index contributed by atoms with van der Waals surface area (Å²) < 4.78 is 0. The molecule has 0 radical (unpaired) electrons. The van der Waals surface area contributed by atoms with E-state index in [1.165, 1.54) is 4.90 Å². The van der Waals surface area contributed by atoms with Gasteiger partial charge in [-0.05, 0) is 13.0 Å². The van der Waals surface area contributed by atoms with Crippen molar-refractivity contribution in [3.63, 3.8) is 0 Å². The van der Waals surface area contributed by atoms with Gasteiger partial charge in [0.25, 0.3) is 0 Å². The van der Waals surface area contributed by atoms with Crippen LogP contribution in [0.2, 0.25) is 0 Å². The lowest BCUT2D eigenvalue weighted by Gasteiger charge is -2.38. The fraction of sp³-hybridized carbons (Fsp3) is 0.733. The Kier molecular flexibility index (Phi) is 7.80. The number of carboxylic acid groups (broad SMARTS) is 1. The molecule has 0 bridgehead atoms. The summed E-state index contributed by atoms with van der Waals surface area (Å²) >= 11 is 0. The lowest BCUT2D eigenvalue weighted by Crippen LogP contribution is -2.63. The molecule has 1 fully saturated rings. The Hall–Kier alpha value is -2.00. The lowest BCUT2D eigenvalue weighted by atomic mass is 10.0. The molecule has 0 aromatic rings. The molecule has 2 amide bonds. The van der Waals surface area contributed by atoms with Crippen LogP contribution in [0.1, 0.15) is 20.3 Å². The van der Waals surface area contributed by atoms with Crippen LogP contribution in [0.25, 0.3) is 0 Å². The molecule has 9 nitrogen and oxygen atoms in total. The first-order chi connectivity index (χ1) is 11.3. The van der Waals surface area contributed by atoms with Crippen LogP contribution < -0.4 is 16.0 Å². The maximum atomic E-state index is 12.7. The molecule has 0 aliphatic carbocycles. The second kappa shape index (κ2) is 9.33. The molecule has 3 atom stereocenters. The third-order valence-electron chi connectivity index (χ3n) is 3.96. The van der Waals surface area contributed by atoms with Crippen molar-refractivity contribution in [1.82, 2.24) is 20.9 Å². The molecule has 1 aliphatic heterocycles. The quantitative estimate of drug-likeness (QED) is 0.383. The van der Waals surface area contributed by atoms with Gasteiger partial charge in [0.05, 0.1) is 18.5 Å². The summed E-state index contributed by atoms with van der Waals surface area (Å²) in [4.78, 5) is 48.3. The Labute approximate surface area is 141 Å². The number of nitrogens with zero attached hydrogens (tertiary/aromatic N) is 1. The molecule has 0 spiro atoms. The largest absolute Gasteiger partial charge is 0.481 e. The number of rotatable bonds is 8. The molecule has 24 heavy (non-hydrogen) atoms. The Morgan fingerprint density at radius 1 is 1.38 bits per heavy atom. The number of hydrogen-bond donors (Lipinski definition) is 4. The summed E-state index contributed by atoms with van der Waals surface area (Å²) in [6.45, 7) is 5.00. The highest BCUT2D eigenvalue weighted by Crippen LogP contribution is 2.11. The number of nitrogens with one attached hydrogen (secondary N) is 3. The molecule has 0 saturated carbocycles. The third-order valence-corrected chi connectivity index (χ3v) is 3.96. The van der Waals surface area contributed by atoms with Gasteiger partial charge >= 0.3 is 5.97 Å². The van der Waals surface area contributed by atoms with Crippen molar-refractivity contribution in [1.29, 1.82) is 0 Å². The van der Waals surface area contributed by atoms with Gasteiger partial charge in [0.2, 0.25) is 11.8 Å². The molecule has 1 rings (SSSR count). The summed E-state index contributed by atoms with van der Waals surface area (Å²) in [5, 5.41) is 17.1. The van der Waals surface area contributed by atoms with Crippen LogP contribution in [-0.4, -0.2) is 78.9 Å². The van der Waals surface area contributed by atoms with E-state index in [2.05, 4.69) is 16.0 Å². The molecular formula is C15H26N4O5. The fourth-order valence-electron chi connectivity index (χ4n) is 2.72. The molecule has 1 unspecified atom stereocenters. The number of carbonyl (C=O) groups is 4. The Morgan fingerprint density at radius 2 is 2.04 bits per heavy atom. The summed E-state index contributed by atoms with van der Waals surface area (Å²) in [6, 6.07) is -2.31. The monoisotopic (exact) mass is 342 g/mol. The molecular weight excluding hydrogens is 316 g/mol. The minimum atomic E-state index is -1.18. The first-order valence-corrected chi connectivity index (χ1v) is 7.97. The number of hydrogen-bond acceptors (Lipinski definition) is 6. The summed E-state index contributed by atoms with van der Waals surface area (Å²) in [5.41, 5.74) is 0. The number of carboxylic acids is 1. The van der Waals surface area contributed by atoms with Crippen LogP contribution in [0.4, 0.5) is 0 Å². The van der Waals surface area contributed by atoms with Gasteiger partial charge in [-0.2, -0.15) is 0 Å². The van der Waals surface area contributed by atoms with Crippen molar-refractivity contribution in [3.05, 3.63) is 0 Å². The van der Waals surface area contributed by atoms with E-state index < -0.39 is 36.4 Å². The Morgan fingerprint density at radius 3 is 2.54 bits per heavy atom. The second-order valence-corrected chi connectivity index (χ2v) is 6.11. The van der Waals surface area contributed by atoms with Gasteiger partial charge in [-0.1, -0.05) is 13.8 Å². The molecule has 136 valence electrons. The van der Waals surface area contributed by atoms with E-state index in [9.17, 15) is 19.2 Å². The van der Waals surface area contributed by atoms with Gasteiger partial charge in [0.15, 0.2) is 0 Å². The molecule has 1 saturated heterocycles. The third kappa shape index (κ3) is 5.27. The van der Waals surface area contributed by atoms with E-state index in [1.54, 1.807) is 7.05 Å². The normalized spacial score (nSPS) is 20.3. The first-order valence-electron chi connectivity index (χ1n) is 7.97. The van der Waals surface area contributed by atoms with Crippen LogP contribution in [-0.2, 0) is 19.2 Å². The van der Waals surface area contributed by atoms with Gasteiger partial charge in [-0.25, -0.2) is 0 Å². The number of piperazine rings is 1. The van der Waals surface area contributed by atoms with Crippen LogP contribution in [0.15, 0.2) is 0 Å². The van der Waals surface area contributed by atoms with E-state index >= 15 is 0 Å². The molecule has 4 N–H and O–H groups in total. The highest BCUT2D eigenvalue weighted by Gasteiger charge is 2.36. The lowest BCUT2D eigenvalue weighted by molar-refractivity contribution is -0.145. The topological polar surface area (TPSA) is 128 Å². The van der Waals surface area contributed by atoms with Gasteiger partial charge in [-0.15, -0.1) is 0 Å². The number of likely N-dealkylation sites (N-methyl/N-ethyl adjacent to an activating group) is 1. The van der Waals surface area contributed by atoms with Crippen molar-refractivity contribution in [2.75, 3.05) is 26.7 Å². The average molecular weight is 342 g/mol. The average Bonchev–Trinajstić information content (AvgIpc) is 2.53. The predicted octanol–water partition coefficient (Wildman–Crippen LogP) is -1.81. The van der Waals surface area contributed by atoms with E-state index in [0.29, 0.717) is 19.4 Å². The zero-order valence-corrected chi connectivity index (χ0v) is 14.2. The number of aliphatic carboxylic acids is 1. The molecule has 0 aromatic heterocycles. The summed E-state index contributed by atoms with van der Waals surface area (Å²) in [6.07, 6.45) is -0.104. The maximum absolute atomic E-state index is 12.7. The van der Waals surface area contributed by atoms with Crippen molar-refractivity contribution in [2.24, 2.45) is 5.92 Å². The smallest absolute Gasteiger partial charge is 0.305 e. The standard InChI is InChI=1S/C15H26N4O5/c1-9(2)13(16-3)15(24)19-5-4-17-7-11(19)14(23)18-10(8-20)6-12(21)22/h8-11,13,16-17H,4-7H2,1-3H3,(H,18,23)(H,21,22)/t10-,11-,13?/m0/s1. The SMILES string of the molecule is CNC(C(=O)N1CCNC[C@H]1C(=O)N[C@H](C=O)CC(=O)O)C(C)C.